The van der Waals surface area contributed by atoms with Crippen LogP contribution in [-0.2, 0) is 4.74 Å². The normalized spacial score (nSPS) is 26.2. The van der Waals surface area contributed by atoms with E-state index in [9.17, 15) is 0 Å². The maximum Gasteiger partial charge on any atom is 0.0593 e. The molecule has 1 fully saturated rings. The molecule has 0 bridgehead atoms. The van der Waals surface area contributed by atoms with Gasteiger partial charge in [-0.3, -0.25) is 4.90 Å². The van der Waals surface area contributed by atoms with Crippen molar-refractivity contribution in [2.24, 2.45) is 5.73 Å². The molecule has 3 atom stereocenters. The SMILES string of the molecule is CCOCCN(CC)C1CC(c2ccccc2)CCC1N. The molecule has 0 aromatic heterocycles. The first kappa shape index (κ1) is 16.5. The molecule has 3 unspecified atom stereocenters. The molecule has 21 heavy (non-hydrogen) atoms. The van der Waals surface area contributed by atoms with Crippen LogP contribution in [0.3, 0.4) is 0 Å². The smallest absolute Gasteiger partial charge is 0.0593 e. The third kappa shape index (κ3) is 4.53. The molecule has 1 aromatic rings. The lowest BCUT2D eigenvalue weighted by atomic mass is 9.78. The topological polar surface area (TPSA) is 38.5 Å². The van der Waals surface area contributed by atoms with Gasteiger partial charge in [0.25, 0.3) is 0 Å². The van der Waals surface area contributed by atoms with Crippen LogP contribution in [0, 0.1) is 0 Å². The summed E-state index contributed by atoms with van der Waals surface area (Å²) in [6, 6.07) is 11.7. The highest BCUT2D eigenvalue weighted by Gasteiger charge is 2.32. The van der Waals surface area contributed by atoms with Crippen LogP contribution >= 0.6 is 0 Å². The monoisotopic (exact) mass is 290 g/mol. The Hall–Kier alpha value is -0.900. The zero-order valence-corrected chi connectivity index (χ0v) is 13.5. The molecular weight excluding hydrogens is 260 g/mol. The van der Waals surface area contributed by atoms with Gasteiger partial charge in [-0.2, -0.15) is 0 Å². The van der Waals surface area contributed by atoms with Gasteiger partial charge in [0.1, 0.15) is 0 Å². The van der Waals surface area contributed by atoms with Gasteiger partial charge in [0, 0.05) is 25.2 Å². The highest BCUT2D eigenvalue weighted by Crippen LogP contribution is 2.34. The molecule has 1 aliphatic rings. The summed E-state index contributed by atoms with van der Waals surface area (Å²) in [6.45, 7) is 7.92. The highest BCUT2D eigenvalue weighted by molar-refractivity contribution is 5.21. The molecule has 3 nitrogen and oxygen atoms in total. The van der Waals surface area contributed by atoms with Gasteiger partial charge in [0.15, 0.2) is 0 Å². The Morgan fingerprint density at radius 1 is 1.19 bits per heavy atom. The Bertz CT molecular complexity index is 395. The Balaban J connectivity index is 1.99. The lowest BCUT2D eigenvalue weighted by Gasteiger charge is -2.41. The summed E-state index contributed by atoms with van der Waals surface area (Å²) >= 11 is 0. The van der Waals surface area contributed by atoms with Gasteiger partial charge in [0.2, 0.25) is 0 Å². The van der Waals surface area contributed by atoms with E-state index in [-0.39, 0.29) is 0 Å². The second-order valence-corrected chi connectivity index (χ2v) is 5.98. The van der Waals surface area contributed by atoms with Crippen LogP contribution in [0.15, 0.2) is 30.3 Å². The lowest BCUT2D eigenvalue weighted by Crippen LogP contribution is -2.51. The molecule has 0 amide bonds. The minimum Gasteiger partial charge on any atom is -0.380 e. The average molecular weight is 290 g/mol. The molecule has 0 heterocycles. The van der Waals surface area contributed by atoms with Crippen LogP contribution in [0.2, 0.25) is 0 Å². The standard InChI is InChI=1S/C18H30N2O/c1-3-20(12-13-21-4-2)18-14-16(10-11-17(18)19)15-8-6-5-7-9-15/h5-9,16-18H,3-4,10-14,19H2,1-2H3. The van der Waals surface area contributed by atoms with Crippen LogP contribution < -0.4 is 5.73 Å². The summed E-state index contributed by atoms with van der Waals surface area (Å²) in [5, 5.41) is 0. The Kier molecular flexibility index (Phi) is 6.68. The first-order chi connectivity index (χ1) is 10.3. The number of ether oxygens (including phenoxy) is 1. The molecule has 2 N–H and O–H groups in total. The fourth-order valence-electron chi connectivity index (χ4n) is 3.50. The molecular formula is C18H30N2O. The molecule has 0 aliphatic heterocycles. The summed E-state index contributed by atoms with van der Waals surface area (Å²) in [4.78, 5) is 2.51. The zero-order chi connectivity index (χ0) is 15.1. The first-order valence-corrected chi connectivity index (χ1v) is 8.38. The molecule has 0 radical (unpaired) electrons. The van der Waals surface area contributed by atoms with Gasteiger partial charge in [0.05, 0.1) is 6.61 Å². The number of nitrogens with zero attached hydrogens (tertiary/aromatic N) is 1. The van der Waals surface area contributed by atoms with Crippen molar-refractivity contribution in [2.75, 3.05) is 26.3 Å². The number of hydrogen-bond donors (Lipinski definition) is 1. The van der Waals surface area contributed by atoms with Gasteiger partial charge in [-0.05, 0) is 44.2 Å². The number of nitrogens with two attached hydrogens (primary N) is 1. The number of hydrogen-bond acceptors (Lipinski definition) is 3. The molecule has 1 saturated carbocycles. The summed E-state index contributed by atoms with van der Waals surface area (Å²) in [5.41, 5.74) is 7.89. The molecule has 3 heteroatoms. The maximum atomic E-state index is 6.42. The summed E-state index contributed by atoms with van der Waals surface area (Å²) in [7, 11) is 0. The molecule has 2 rings (SSSR count). The molecule has 118 valence electrons. The molecule has 0 spiro atoms. The lowest BCUT2D eigenvalue weighted by molar-refractivity contribution is 0.0749. The summed E-state index contributed by atoms with van der Waals surface area (Å²) in [6.07, 6.45) is 3.51. The van der Waals surface area contributed by atoms with Crippen LogP contribution in [0.1, 0.15) is 44.6 Å². The van der Waals surface area contributed by atoms with E-state index in [4.69, 9.17) is 10.5 Å². The Morgan fingerprint density at radius 3 is 2.62 bits per heavy atom. The third-order valence-electron chi connectivity index (χ3n) is 4.74. The van der Waals surface area contributed by atoms with E-state index in [1.165, 1.54) is 18.4 Å². The van der Waals surface area contributed by atoms with Crippen LogP contribution in [0.5, 0.6) is 0 Å². The fraction of sp³-hybridized carbons (Fsp3) is 0.667. The maximum absolute atomic E-state index is 6.42. The van der Waals surface area contributed by atoms with E-state index >= 15 is 0 Å². The predicted molar refractivity (Wildman–Crippen MR) is 88.5 cm³/mol. The predicted octanol–water partition coefficient (Wildman–Crippen LogP) is 3.01. The van der Waals surface area contributed by atoms with Crippen molar-refractivity contribution in [3.05, 3.63) is 35.9 Å². The van der Waals surface area contributed by atoms with Gasteiger partial charge >= 0.3 is 0 Å². The second-order valence-electron chi connectivity index (χ2n) is 5.98. The molecule has 1 aliphatic carbocycles. The van der Waals surface area contributed by atoms with Gasteiger partial charge in [-0.1, -0.05) is 37.3 Å². The molecule has 0 saturated heterocycles. The van der Waals surface area contributed by atoms with Crippen molar-refractivity contribution in [3.63, 3.8) is 0 Å². The van der Waals surface area contributed by atoms with Crippen LogP contribution in [-0.4, -0.2) is 43.3 Å². The van der Waals surface area contributed by atoms with E-state index in [1.807, 2.05) is 6.92 Å². The van der Waals surface area contributed by atoms with Gasteiger partial charge < -0.3 is 10.5 Å². The van der Waals surface area contributed by atoms with Crippen molar-refractivity contribution in [2.45, 2.75) is 51.1 Å². The third-order valence-corrected chi connectivity index (χ3v) is 4.74. The number of likely N-dealkylation sites (N-methyl/N-ethyl adjacent to an activating group) is 1. The average Bonchev–Trinajstić information content (AvgIpc) is 2.53. The van der Waals surface area contributed by atoms with Crippen molar-refractivity contribution < 1.29 is 4.74 Å². The Morgan fingerprint density at radius 2 is 1.95 bits per heavy atom. The number of rotatable bonds is 7. The van der Waals surface area contributed by atoms with Crippen LogP contribution in [0.25, 0.3) is 0 Å². The van der Waals surface area contributed by atoms with Crippen molar-refractivity contribution >= 4 is 0 Å². The minimum absolute atomic E-state index is 0.298. The van der Waals surface area contributed by atoms with Gasteiger partial charge in [-0.25, -0.2) is 0 Å². The van der Waals surface area contributed by atoms with E-state index in [2.05, 4.69) is 42.2 Å². The zero-order valence-electron chi connectivity index (χ0n) is 13.5. The molecule has 1 aromatic carbocycles. The summed E-state index contributed by atoms with van der Waals surface area (Å²) in [5.74, 6) is 0.650. The quantitative estimate of drug-likeness (QED) is 0.785. The van der Waals surface area contributed by atoms with E-state index in [0.717, 1.165) is 32.7 Å². The highest BCUT2D eigenvalue weighted by atomic mass is 16.5. The first-order valence-electron chi connectivity index (χ1n) is 8.38. The van der Waals surface area contributed by atoms with Gasteiger partial charge in [-0.15, -0.1) is 0 Å². The van der Waals surface area contributed by atoms with E-state index in [0.29, 0.717) is 18.0 Å². The summed E-state index contributed by atoms with van der Waals surface area (Å²) < 4.78 is 5.52. The van der Waals surface area contributed by atoms with Crippen molar-refractivity contribution in [1.29, 1.82) is 0 Å². The number of benzene rings is 1. The fourth-order valence-corrected chi connectivity index (χ4v) is 3.50. The van der Waals surface area contributed by atoms with Crippen molar-refractivity contribution in [1.82, 2.24) is 4.90 Å². The largest absolute Gasteiger partial charge is 0.380 e. The van der Waals surface area contributed by atoms with E-state index < -0.39 is 0 Å². The Labute approximate surface area is 129 Å². The van der Waals surface area contributed by atoms with Crippen LogP contribution in [0.4, 0.5) is 0 Å². The van der Waals surface area contributed by atoms with Crippen molar-refractivity contribution in [3.8, 4) is 0 Å². The second kappa shape index (κ2) is 8.52. The minimum atomic E-state index is 0.298. The van der Waals surface area contributed by atoms with E-state index in [1.54, 1.807) is 0 Å².